The molecule has 0 aromatic carbocycles. The Morgan fingerprint density at radius 2 is 1.38 bits per heavy atom. The van der Waals surface area contributed by atoms with Gasteiger partial charge in [0.2, 0.25) is 0 Å². The van der Waals surface area contributed by atoms with Crippen molar-refractivity contribution in [1.29, 1.82) is 0 Å². The van der Waals surface area contributed by atoms with Gasteiger partial charge in [-0.05, 0) is 26.7 Å². The Morgan fingerprint density at radius 1 is 1.12 bits per heavy atom. The second-order valence-electron chi connectivity index (χ2n) is 2.12. The summed E-state index contributed by atoms with van der Waals surface area (Å²) in [6, 6.07) is 0. The van der Waals surface area contributed by atoms with Gasteiger partial charge in [-0.2, -0.15) is 0 Å². The fourth-order valence-electron chi connectivity index (χ4n) is 0.366. The van der Waals surface area contributed by atoms with Crippen LogP contribution in [0.5, 0.6) is 0 Å². The van der Waals surface area contributed by atoms with E-state index in [2.05, 4.69) is 40.4 Å². The van der Waals surface area contributed by atoms with E-state index in [4.69, 9.17) is 19.1 Å². The first kappa shape index (κ1) is 29.5. The third-order valence-corrected chi connectivity index (χ3v) is 0.898. The number of rotatable bonds is 3. The summed E-state index contributed by atoms with van der Waals surface area (Å²) in [5.74, 6) is 0.616. The molecule has 0 aromatic rings. The largest absolute Gasteiger partial charge is 0.388 e. The maximum atomic E-state index is 9.04. The zero-order chi connectivity index (χ0) is 13.4. The minimum Gasteiger partial charge on any atom is -0.388 e. The van der Waals surface area contributed by atoms with Gasteiger partial charge in [-0.3, -0.25) is 0 Å². The Hall–Kier alpha value is -0.561. The van der Waals surface area contributed by atoms with Crippen molar-refractivity contribution in [2.75, 3.05) is 0 Å². The Kier molecular flexibility index (Phi) is 54.0. The summed E-state index contributed by atoms with van der Waals surface area (Å²) >= 11 is 0. The molecule has 4 nitrogen and oxygen atoms in total. The molecule has 0 fully saturated rings. The van der Waals surface area contributed by atoms with E-state index in [0.717, 1.165) is 0 Å². The molecule has 0 bridgehead atoms. The van der Waals surface area contributed by atoms with E-state index in [1.165, 1.54) is 0 Å². The number of hydrogen-bond donors (Lipinski definition) is 1. The second kappa shape index (κ2) is 29.3. The summed E-state index contributed by atoms with van der Waals surface area (Å²) in [6.07, 6.45) is 0.970. The van der Waals surface area contributed by atoms with Crippen LogP contribution in [0.25, 0.3) is 0 Å². The van der Waals surface area contributed by atoms with Crippen LogP contribution in [0.2, 0.25) is 0 Å². The van der Waals surface area contributed by atoms with Crippen molar-refractivity contribution >= 4 is 0 Å². The minimum absolute atomic E-state index is 0. The van der Waals surface area contributed by atoms with E-state index in [1.54, 1.807) is 13.3 Å². The molecule has 0 aliphatic rings. The first-order chi connectivity index (χ1) is 7.04. The molecule has 5 heteroatoms. The van der Waals surface area contributed by atoms with Crippen molar-refractivity contribution in [1.82, 2.24) is 0 Å². The van der Waals surface area contributed by atoms with Crippen LogP contribution in [-0.2, 0) is 31.0 Å². The SMILES string of the molecule is [C-]#[O+].[C-]#[O+].[C-]#[O+].[CH2][C]([CH2])[CH][C@H](O)C(=C)C.[Fe]. The van der Waals surface area contributed by atoms with Gasteiger partial charge in [0.25, 0.3) is 0 Å². The molecule has 16 heavy (non-hydrogen) atoms. The monoisotopic (exact) mass is 264 g/mol. The third kappa shape index (κ3) is 37.6. The van der Waals surface area contributed by atoms with Gasteiger partial charge in [-0.25, -0.2) is 0 Å². The van der Waals surface area contributed by atoms with Crippen molar-refractivity contribution in [3.8, 4) is 0 Å². The van der Waals surface area contributed by atoms with E-state index in [1.807, 2.05) is 0 Å². The standard InChI is InChI=1S/C8H12O.3CO.Fe/c1-6(2)5-8(9)7(3)4;3*1-2;/h5,8-9H,1-3H2,4H3;;;;/t8-;;;;/m0..../s1. The molecule has 0 heterocycles. The summed E-state index contributed by atoms with van der Waals surface area (Å²) < 4.78 is 22.5. The Labute approximate surface area is 108 Å². The van der Waals surface area contributed by atoms with E-state index < -0.39 is 6.10 Å². The molecule has 88 valence electrons. The molecule has 0 aliphatic heterocycles. The first-order valence-electron chi connectivity index (χ1n) is 3.34. The van der Waals surface area contributed by atoms with Crippen molar-refractivity contribution in [3.05, 3.63) is 58.3 Å². The zero-order valence-electron chi connectivity index (χ0n) is 8.80. The van der Waals surface area contributed by atoms with Gasteiger partial charge < -0.3 is 5.11 Å². The van der Waals surface area contributed by atoms with Crippen LogP contribution in [-0.4, -0.2) is 11.2 Å². The quantitative estimate of drug-likeness (QED) is 0.354. The van der Waals surface area contributed by atoms with Crippen LogP contribution < -0.4 is 0 Å². The Morgan fingerprint density at radius 3 is 1.44 bits per heavy atom. The van der Waals surface area contributed by atoms with E-state index >= 15 is 0 Å². The summed E-state index contributed by atoms with van der Waals surface area (Å²) in [5, 5.41) is 9.04. The smallest absolute Gasteiger partial charge is 0.0782 e. The average molecular weight is 264 g/mol. The van der Waals surface area contributed by atoms with Crippen LogP contribution in [0.15, 0.2) is 12.2 Å². The van der Waals surface area contributed by atoms with Crippen LogP contribution in [0.4, 0.5) is 0 Å². The third-order valence-electron chi connectivity index (χ3n) is 0.898. The van der Waals surface area contributed by atoms with Gasteiger partial charge in [-0.15, -0.1) is 0 Å². The predicted octanol–water partition coefficient (Wildman–Crippen LogP) is 1.26. The topological polar surface area (TPSA) is 79.9 Å². The first-order valence-corrected chi connectivity index (χ1v) is 3.34. The van der Waals surface area contributed by atoms with Gasteiger partial charge in [0.1, 0.15) is 0 Å². The van der Waals surface area contributed by atoms with Crippen molar-refractivity contribution in [2.24, 2.45) is 0 Å². The molecule has 0 saturated carbocycles. The molecule has 1 N–H and O–H groups in total. The molecule has 4 radical (unpaired) electrons. The summed E-state index contributed by atoms with van der Waals surface area (Å²) in [7, 11) is 0. The summed E-state index contributed by atoms with van der Waals surface area (Å²) in [5.41, 5.74) is 0.708. The van der Waals surface area contributed by atoms with Crippen molar-refractivity contribution in [2.45, 2.75) is 13.0 Å². The van der Waals surface area contributed by atoms with E-state index in [-0.39, 0.29) is 17.1 Å². The van der Waals surface area contributed by atoms with Gasteiger partial charge in [-0.1, -0.05) is 12.2 Å². The summed E-state index contributed by atoms with van der Waals surface area (Å²) in [6.45, 7) is 25.8. The van der Waals surface area contributed by atoms with E-state index in [9.17, 15) is 0 Å². The van der Waals surface area contributed by atoms with Gasteiger partial charge in [0, 0.05) is 23.5 Å². The molecule has 0 amide bonds. The van der Waals surface area contributed by atoms with Crippen LogP contribution in [0.3, 0.4) is 0 Å². The van der Waals surface area contributed by atoms with Gasteiger partial charge >= 0.3 is 33.9 Å². The van der Waals surface area contributed by atoms with Gasteiger partial charge in [0.05, 0.1) is 6.10 Å². The fourth-order valence-corrected chi connectivity index (χ4v) is 0.366. The summed E-state index contributed by atoms with van der Waals surface area (Å²) in [4.78, 5) is 0. The molecule has 0 unspecified atom stereocenters. The van der Waals surface area contributed by atoms with Gasteiger partial charge in [0.15, 0.2) is 0 Å². The second-order valence-corrected chi connectivity index (χ2v) is 2.12. The van der Waals surface area contributed by atoms with Crippen molar-refractivity contribution < 1.29 is 36.1 Å². The molecule has 0 aromatic heterocycles. The van der Waals surface area contributed by atoms with E-state index in [0.29, 0.717) is 11.5 Å². The molecular formula is C11H12FeO4. The molecule has 1 atom stereocenters. The molecule has 0 saturated heterocycles. The maximum Gasteiger partial charge on any atom is 0.0782 e. The predicted molar refractivity (Wildman–Crippen MR) is 50.9 cm³/mol. The molecule has 0 rings (SSSR count). The van der Waals surface area contributed by atoms with Crippen LogP contribution in [0, 0.1) is 46.1 Å². The maximum absolute atomic E-state index is 9.04. The van der Waals surface area contributed by atoms with Crippen LogP contribution in [0.1, 0.15) is 6.92 Å². The fraction of sp³-hybridized carbons (Fsp3) is 0.182. The number of hydrogen-bond acceptors (Lipinski definition) is 1. The molecular weight excluding hydrogens is 252 g/mol. The number of aliphatic hydroxyl groups is 1. The minimum atomic E-state index is -0.588. The molecule has 0 aliphatic carbocycles. The zero-order valence-corrected chi connectivity index (χ0v) is 9.91. The average Bonchev–Trinajstić information content (AvgIpc) is 2.25. The number of aliphatic hydroxyl groups excluding tert-OH is 1. The molecule has 0 spiro atoms. The van der Waals surface area contributed by atoms with Crippen LogP contribution >= 0.6 is 0 Å². The Balaban J connectivity index is -0.0000000498. The van der Waals surface area contributed by atoms with Crippen molar-refractivity contribution in [3.63, 3.8) is 0 Å². The normalized spacial score (nSPS) is 8.19. The Bertz CT molecular complexity index is 180.